The first-order valence-electron chi connectivity index (χ1n) is 8.14. The minimum atomic E-state index is -0.200. The van der Waals surface area contributed by atoms with Crippen LogP contribution < -0.4 is 0 Å². The van der Waals surface area contributed by atoms with E-state index >= 15 is 0 Å². The Hall–Kier alpha value is -1.74. The summed E-state index contributed by atoms with van der Waals surface area (Å²) in [4.78, 5) is 7.24. The van der Waals surface area contributed by atoms with Crippen molar-refractivity contribution in [2.75, 3.05) is 7.05 Å². The van der Waals surface area contributed by atoms with Crippen LogP contribution in [0.25, 0.3) is 11.1 Å². The number of aromatic nitrogens is 1. The SMILES string of the molecule is CN1C2CCC1CC(c1ccc(-c3cccc(F)c3)cn1)C2. The predicted molar refractivity (Wildman–Crippen MR) is 86.2 cm³/mol. The van der Waals surface area contributed by atoms with E-state index in [1.165, 1.54) is 37.4 Å². The van der Waals surface area contributed by atoms with Crippen molar-refractivity contribution in [1.29, 1.82) is 0 Å². The average molecular weight is 296 g/mol. The van der Waals surface area contributed by atoms with Crippen molar-refractivity contribution in [3.8, 4) is 11.1 Å². The van der Waals surface area contributed by atoms with E-state index < -0.39 is 0 Å². The van der Waals surface area contributed by atoms with Gasteiger partial charge < -0.3 is 4.90 Å². The third-order valence-electron chi connectivity index (χ3n) is 5.46. The average Bonchev–Trinajstić information content (AvgIpc) is 2.76. The molecule has 0 saturated carbocycles. The zero-order valence-corrected chi connectivity index (χ0v) is 12.9. The standard InChI is InChI=1S/C19H21FN2/c1-22-17-6-7-18(22)11-15(10-17)19-8-5-14(12-21-19)13-3-2-4-16(20)9-13/h2-5,8-9,12,15,17-18H,6-7,10-11H2,1H3. The first-order chi connectivity index (χ1) is 10.7. The minimum Gasteiger partial charge on any atom is -0.300 e. The number of piperidine rings is 1. The van der Waals surface area contributed by atoms with E-state index in [9.17, 15) is 4.39 Å². The highest BCUT2D eigenvalue weighted by Gasteiger charge is 2.39. The van der Waals surface area contributed by atoms with Gasteiger partial charge in [0.15, 0.2) is 0 Å². The zero-order chi connectivity index (χ0) is 15.1. The van der Waals surface area contributed by atoms with E-state index in [-0.39, 0.29) is 5.82 Å². The largest absolute Gasteiger partial charge is 0.300 e. The molecule has 0 amide bonds. The van der Waals surface area contributed by atoms with Crippen molar-refractivity contribution < 1.29 is 4.39 Å². The summed E-state index contributed by atoms with van der Waals surface area (Å²) in [6.45, 7) is 0. The van der Waals surface area contributed by atoms with Gasteiger partial charge in [0.2, 0.25) is 0 Å². The molecule has 1 aromatic carbocycles. The molecule has 2 aliphatic heterocycles. The van der Waals surface area contributed by atoms with Crippen LogP contribution in [-0.2, 0) is 0 Å². The van der Waals surface area contributed by atoms with Crippen molar-refractivity contribution in [2.45, 2.75) is 43.7 Å². The van der Waals surface area contributed by atoms with Crippen LogP contribution in [0.15, 0.2) is 42.6 Å². The highest BCUT2D eigenvalue weighted by atomic mass is 19.1. The summed E-state index contributed by atoms with van der Waals surface area (Å²) < 4.78 is 13.3. The van der Waals surface area contributed by atoms with Gasteiger partial charge in [-0.1, -0.05) is 18.2 Å². The van der Waals surface area contributed by atoms with Crippen LogP contribution in [0.2, 0.25) is 0 Å². The first-order valence-corrected chi connectivity index (χ1v) is 8.14. The summed E-state index contributed by atoms with van der Waals surface area (Å²) in [5, 5.41) is 0. The number of halogens is 1. The van der Waals surface area contributed by atoms with E-state index in [1.54, 1.807) is 12.1 Å². The van der Waals surface area contributed by atoms with Gasteiger partial charge in [-0.3, -0.25) is 4.98 Å². The fourth-order valence-corrected chi connectivity index (χ4v) is 4.14. The van der Waals surface area contributed by atoms with Crippen LogP contribution in [-0.4, -0.2) is 29.0 Å². The molecular weight excluding hydrogens is 275 g/mol. The van der Waals surface area contributed by atoms with Gasteiger partial charge in [-0.25, -0.2) is 4.39 Å². The first kappa shape index (κ1) is 13.9. The number of hydrogen-bond acceptors (Lipinski definition) is 2. The molecule has 2 aromatic rings. The van der Waals surface area contributed by atoms with Crippen molar-refractivity contribution in [1.82, 2.24) is 9.88 Å². The lowest BCUT2D eigenvalue weighted by atomic mass is 9.88. The molecule has 0 radical (unpaired) electrons. The minimum absolute atomic E-state index is 0.200. The van der Waals surface area contributed by atoms with Gasteiger partial charge in [-0.2, -0.15) is 0 Å². The van der Waals surface area contributed by atoms with Gasteiger partial charge >= 0.3 is 0 Å². The fourth-order valence-electron chi connectivity index (χ4n) is 4.14. The van der Waals surface area contributed by atoms with Gasteiger partial charge in [0, 0.05) is 35.5 Å². The van der Waals surface area contributed by atoms with Crippen LogP contribution in [0, 0.1) is 5.82 Å². The summed E-state index contributed by atoms with van der Waals surface area (Å²) in [6.07, 6.45) is 7.00. The second-order valence-electron chi connectivity index (χ2n) is 6.70. The maximum atomic E-state index is 13.3. The summed E-state index contributed by atoms with van der Waals surface area (Å²) in [5.74, 6) is 0.378. The fraction of sp³-hybridized carbons (Fsp3) is 0.421. The molecule has 0 spiro atoms. The van der Waals surface area contributed by atoms with Gasteiger partial charge in [0.05, 0.1) is 0 Å². The maximum absolute atomic E-state index is 13.3. The molecule has 2 aliphatic rings. The lowest BCUT2D eigenvalue weighted by Gasteiger charge is -2.36. The molecule has 114 valence electrons. The number of pyridine rings is 1. The lowest BCUT2D eigenvalue weighted by molar-refractivity contribution is 0.160. The lowest BCUT2D eigenvalue weighted by Crippen LogP contribution is -2.39. The van der Waals surface area contributed by atoms with Crippen molar-refractivity contribution in [3.63, 3.8) is 0 Å². The summed E-state index contributed by atoms with van der Waals surface area (Å²) in [6, 6.07) is 12.4. The molecule has 0 aliphatic carbocycles. The Kier molecular flexibility index (Phi) is 3.45. The molecule has 2 fully saturated rings. The van der Waals surface area contributed by atoms with Crippen LogP contribution in [0.1, 0.15) is 37.3 Å². The summed E-state index contributed by atoms with van der Waals surface area (Å²) >= 11 is 0. The Morgan fingerprint density at radius 3 is 2.45 bits per heavy atom. The molecule has 0 N–H and O–H groups in total. The maximum Gasteiger partial charge on any atom is 0.123 e. The quantitative estimate of drug-likeness (QED) is 0.824. The molecule has 2 bridgehead atoms. The Labute approximate surface area is 131 Å². The van der Waals surface area contributed by atoms with E-state index in [4.69, 9.17) is 0 Å². The van der Waals surface area contributed by atoms with Crippen molar-refractivity contribution >= 4 is 0 Å². The van der Waals surface area contributed by atoms with Gasteiger partial charge in [0.1, 0.15) is 5.82 Å². The van der Waals surface area contributed by atoms with E-state index in [0.29, 0.717) is 5.92 Å². The second kappa shape index (κ2) is 5.47. The predicted octanol–water partition coefficient (Wildman–Crippen LogP) is 4.23. The second-order valence-corrected chi connectivity index (χ2v) is 6.70. The molecule has 2 unspecified atom stereocenters. The molecule has 3 heterocycles. The van der Waals surface area contributed by atoms with Crippen molar-refractivity contribution in [3.05, 3.63) is 54.1 Å². The van der Waals surface area contributed by atoms with Crippen LogP contribution in [0.4, 0.5) is 4.39 Å². The number of nitrogens with zero attached hydrogens (tertiary/aromatic N) is 2. The van der Waals surface area contributed by atoms with Crippen molar-refractivity contribution in [2.24, 2.45) is 0 Å². The zero-order valence-electron chi connectivity index (χ0n) is 12.9. The molecule has 3 heteroatoms. The topological polar surface area (TPSA) is 16.1 Å². The van der Waals surface area contributed by atoms with Crippen LogP contribution in [0.3, 0.4) is 0 Å². The number of fused-ring (bicyclic) bond motifs is 2. The highest BCUT2D eigenvalue weighted by molar-refractivity contribution is 5.62. The molecule has 2 atom stereocenters. The normalized spacial score (nSPS) is 28.0. The Balaban J connectivity index is 1.55. The smallest absolute Gasteiger partial charge is 0.123 e. The third kappa shape index (κ3) is 2.44. The Morgan fingerprint density at radius 2 is 1.82 bits per heavy atom. The summed E-state index contributed by atoms with van der Waals surface area (Å²) in [5.41, 5.74) is 3.08. The Morgan fingerprint density at radius 1 is 1.05 bits per heavy atom. The highest BCUT2D eigenvalue weighted by Crippen LogP contribution is 2.41. The monoisotopic (exact) mass is 296 g/mol. The molecule has 1 aromatic heterocycles. The summed E-state index contributed by atoms with van der Waals surface area (Å²) in [7, 11) is 2.26. The van der Waals surface area contributed by atoms with Gasteiger partial charge in [-0.05, 0) is 56.5 Å². The van der Waals surface area contributed by atoms with E-state index in [1.807, 2.05) is 12.3 Å². The molecule has 2 nitrogen and oxygen atoms in total. The third-order valence-corrected chi connectivity index (χ3v) is 5.46. The van der Waals surface area contributed by atoms with Crippen LogP contribution in [0.5, 0.6) is 0 Å². The van der Waals surface area contributed by atoms with Crippen LogP contribution >= 0.6 is 0 Å². The van der Waals surface area contributed by atoms with Gasteiger partial charge in [0.25, 0.3) is 0 Å². The molecule has 4 rings (SSSR count). The van der Waals surface area contributed by atoms with Gasteiger partial charge in [-0.15, -0.1) is 0 Å². The Bertz CT molecular complexity index is 653. The number of hydrogen-bond donors (Lipinski definition) is 0. The molecule has 22 heavy (non-hydrogen) atoms. The van der Waals surface area contributed by atoms with E-state index in [0.717, 1.165) is 23.2 Å². The number of rotatable bonds is 2. The number of benzene rings is 1. The molecule has 2 saturated heterocycles. The van der Waals surface area contributed by atoms with E-state index in [2.05, 4.69) is 29.1 Å². The molecular formula is C19H21FN2.